The van der Waals surface area contributed by atoms with Gasteiger partial charge in [-0.25, -0.2) is 5.10 Å². The first-order chi connectivity index (χ1) is 8.71. The number of hydrogen-bond donors (Lipinski definition) is 1. The number of benzene rings is 1. The summed E-state index contributed by atoms with van der Waals surface area (Å²) in [4.78, 5) is 0.196. The molecule has 96 valence electrons. The van der Waals surface area contributed by atoms with Crippen LogP contribution < -0.4 is 14.2 Å². The fourth-order valence-corrected chi connectivity index (χ4v) is 1.74. The van der Waals surface area contributed by atoms with E-state index in [2.05, 4.69) is 10.2 Å². The van der Waals surface area contributed by atoms with E-state index in [1.54, 1.807) is 19.2 Å². The van der Waals surface area contributed by atoms with Crippen LogP contribution in [-0.2, 0) is 0 Å². The Morgan fingerprint density at radius 1 is 1.11 bits per heavy atom. The molecule has 6 nitrogen and oxygen atoms in total. The molecular weight excluding hydrogens is 256 g/mol. The molecule has 0 radical (unpaired) electrons. The summed E-state index contributed by atoms with van der Waals surface area (Å²) in [6.07, 6.45) is 0. The van der Waals surface area contributed by atoms with Gasteiger partial charge in [0.1, 0.15) is 0 Å². The molecule has 0 unspecified atom stereocenters. The van der Waals surface area contributed by atoms with E-state index >= 15 is 0 Å². The molecule has 0 saturated carbocycles. The summed E-state index contributed by atoms with van der Waals surface area (Å²) in [6.45, 7) is 0. The maximum atomic E-state index is 5.32. The van der Waals surface area contributed by atoms with Crippen LogP contribution in [0.4, 0.5) is 0 Å². The molecule has 1 aromatic heterocycles. The van der Waals surface area contributed by atoms with Crippen LogP contribution in [0.5, 0.6) is 17.2 Å². The summed E-state index contributed by atoms with van der Waals surface area (Å²) < 4.78 is 21.0. The van der Waals surface area contributed by atoms with Gasteiger partial charge in [-0.3, -0.25) is 0 Å². The van der Waals surface area contributed by atoms with Crippen LogP contribution in [0.3, 0.4) is 0 Å². The lowest BCUT2D eigenvalue weighted by Gasteiger charge is -2.13. The fourth-order valence-electron chi connectivity index (χ4n) is 1.61. The van der Waals surface area contributed by atoms with Gasteiger partial charge in [0.25, 0.3) is 4.84 Å². The van der Waals surface area contributed by atoms with Gasteiger partial charge in [0.15, 0.2) is 11.5 Å². The van der Waals surface area contributed by atoms with Gasteiger partial charge in [0.05, 0.1) is 26.9 Å². The van der Waals surface area contributed by atoms with E-state index < -0.39 is 0 Å². The maximum Gasteiger partial charge on any atom is 0.284 e. The summed E-state index contributed by atoms with van der Waals surface area (Å²) in [6, 6.07) is 3.50. The van der Waals surface area contributed by atoms with E-state index in [9.17, 15) is 0 Å². The Labute approximate surface area is 108 Å². The van der Waals surface area contributed by atoms with Gasteiger partial charge in [0.2, 0.25) is 11.6 Å². The van der Waals surface area contributed by atoms with Crippen molar-refractivity contribution in [1.29, 1.82) is 0 Å². The summed E-state index contributed by atoms with van der Waals surface area (Å²) in [5, 5.41) is 6.51. The molecule has 1 heterocycles. The first kappa shape index (κ1) is 12.4. The highest BCUT2D eigenvalue weighted by molar-refractivity contribution is 7.71. The van der Waals surface area contributed by atoms with Gasteiger partial charge in [-0.15, -0.1) is 5.10 Å². The summed E-state index contributed by atoms with van der Waals surface area (Å²) >= 11 is 4.84. The van der Waals surface area contributed by atoms with E-state index in [0.29, 0.717) is 28.7 Å². The van der Waals surface area contributed by atoms with Gasteiger partial charge in [-0.2, -0.15) is 0 Å². The van der Waals surface area contributed by atoms with E-state index in [1.807, 2.05) is 0 Å². The zero-order valence-corrected chi connectivity index (χ0v) is 11.0. The second-order valence-corrected chi connectivity index (χ2v) is 3.67. The van der Waals surface area contributed by atoms with Crippen LogP contribution in [0.2, 0.25) is 0 Å². The average molecular weight is 268 g/mol. The predicted octanol–water partition coefficient (Wildman–Crippen LogP) is 2.42. The molecular formula is C11H12N2O4S. The fraction of sp³-hybridized carbons (Fsp3) is 0.273. The molecule has 0 bridgehead atoms. The second kappa shape index (κ2) is 5.09. The zero-order valence-electron chi connectivity index (χ0n) is 10.1. The minimum Gasteiger partial charge on any atom is -0.493 e. The lowest BCUT2D eigenvalue weighted by molar-refractivity contribution is 0.324. The largest absolute Gasteiger partial charge is 0.493 e. The van der Waals surface area contributed by atoms with E-state index in [-0.39, 0.29) is 4.84 Å². The van der Waals surface area contributed by atoms with Crippen molar-refractivity contribution in [2.75, 3.05) is 21.3 Å². The predicted molar refractivity (Wildman–Crippen MR) is 66.8 cm³/mol. The summed E-state index contributed by atoms with van der Waals surface area (Å²) in [5.41, 5.74) is 0.627. The highest BCUT2D eigenvalue weighted by Gasteiger charge is 2.19. The molecule has 2 rings (SSSR count). The van der Waals surface area contributed by atoms with Gasteiger partial charge in [0, 0.05) is 0 Å². The molecule has 0 aliphatic carbocycles. The van der Waals surface area contributed by atoms with Gasteiger partial charge < -0.3 is 18.6 Å². The second-order valence-electron chi connectivity index (χ2n) is 3.30. The van der Waals surface area contributed by atoms with Crippen LogP contribution in [0.25, 0.3) is 11.5 Å². The monoisotopic (exact) mass is 268 g/mol. The van der Waals surface area contributed by atoms with Crippen molar-refractivity contribution in [2.45, 2.75) is 0 Å². The highest BCUT2D eigenvalue weighted by Crippen LogP contribution is 2.43. The maximum absolute atomic E-state index is 5.32. The lowest BCUT2D eigenvalue weighted by Crippen LogP contribution is -1.97. The number of methoxy groups -OCH3 is 3. The first-order valence-electron chi connectivity index (χ1n) is 5.06. The quantitative estimate of drug-likeness (QED) is 0.859. The Bertz CT molecular complexity index is 605. The molecule has 0 aliphatic rings. The molecule has 0 spiro atoms. The van der Waals surface area contributed by atoms with Crippen molar-refractivity contribution in [3.63, 3.8) is 0 Å². The smallest absolute Gasteiger partial charge is 0.284 e. The molecule has 0 fully saturated rings. The van der Waals surface area contributed by atoms with Crippen molar-refractivity contribution in [3.8, 4) is 28.7 Å². The molecule has 1 aromatic carbocycles. The minimum absolute atomic E-state index is 0.196. The Morgan fingerprint density at radius 2 is 1.83 bits per heavy atom. The van der Waals surface area contributed by atoms with Crippen LogP contribution in [-0.4, -0.2) is 31.5 Å². The van der Waals surface area contributed by atoms with Crippen molar-refractivity contribution >= 4 is 12.2 Å². The number of H-pyrrole nitrogens is 1. The Hall–Kier alpha value is -2.02. The van der Waals surface area contributed by atoms with Crippen molar-refractivity contribution < 1.29 is 18.6 Å². The minimum atomic E-state index is 0.196. The lowest BCUT2D eigenvalue weighted by atomic mass is 10.1. The van der Waals surface area contributed by atoms with Gasteiger partial charge >= 0.3 is 0 Å². The highest BCUT2D eigenvalue weighted by atomic mass is 32.1. The molecule has 7 heteroatoms. The number of nitrogens with one attached hydrogen (secondary N) is 1. The van der Waals surface area contributed by atoms with Crippen LogP contribution in [0, 0.1) is 4.84 Å². The van der Waals surface area contributed by atoms with Crippen molar-refractivity contribution in [3.05, 3.63) is 17.0 Å². The zero-order chi connectivity index (χ0) is 13.1. The van der Waals surface area contributed by atoms with Gasteiger partial charge in [-0.05, 0) is 24.4 Å². The van der Waals surface area contributed by atoms with E-state index in [1.165, 1.54) is 14.2 Å². The van der Waals surface area contributed by atoms with E-state index in [0.717, 1.165) is 0 Å². The standard InChI is InChI=1S/C11H12N2O4S/c1-14-7-5-4-6(8(15-2)9(7)16-3)10-12-13-11(18)17-10/h4-5H,1-3H3,(H,13,18). The van der Waals surface area contributed by atoms with Crippen molar-refractivity contribution in [1.82, 2.24) is 10.2 Å². The number of rotatable bonds is 4. The molecule has 0 saturated heterocycles. The Morgan fingerprint density at radius 3 is 2.33 bits per heavy atom. The molecule has 0 amide bonds. The Kier molecular flexibility index (Phi) is 3.52. The number of nitrogens with zero attached hydrogens (tertiary/aromatic N) is 1. The summed E-state index contributed by atoms with van der Waals surface area (Å²) in [5.74, 6) is 1.84. The van der Waals surface area contributed by atoms with Crippen molar-refractivity contribution in [2.24, 2.45) is 0 Å². The first-order valence-corrected chi connectivity index (χ1v) is 5.47. The van der Waals surface area contributed by atoms with Crippen LogP contribution in [0.15, 0.2) is 16.5 Å². The number of aromatic nitrogens is 2. The topological polar surface area (TPSA) is 69.5 Å². The molecule has 1 N–H and O–H groups in total. The molecule has 0 aliphatic heterocycles. The Balaban J connectivity index is 2.65. The molecule has 2 aromatic rings. The van der Waals surface area contributed by atoms with Crippen LogP contribution in [0.1, 0.15) is 0 Å². The van der Waals surface area contributed by atoms with E-state index in [4.69, 9.17) is 30.8 Å². The molecule has 18 heavy (non-hydrogen) atoms. The SMILES string of the molecule is COc1ccc(-c2n[nH]c(=S)o2)c(OC)c1OC. The van der Waals surface area contributed by atoms with Crippen LogP contribution >= 0.6 is 12.2 Å². The number of hydrogen-bond acceptors (Lipinski definition) is 6. The number of ether oxygens (including phenoxy) is 3. The third-order valence-corrected chi connectivity index (χ3v) is 2.55. The third-order valence-electron chi connectivity index (χ3n) is 2.37. The third kappa shape index (κ3) is 2.04. The normalized spacial score (nSPS) is 10.2. The average Bonchev–Trinajstić information content (AvgIpc) is 2.83. The molecule has 0 atom stereocenters. The number of aromatic amines is 1. The van der Waals surface area contributed by atoms with Gasteiger partial charge in [-0.1, -0.05) is 0 Å². The summed E-state index contributed by atoms with van der Waals surface area (Å²) in [7, 11) is 4.61.